The molecule has 0 fully saturated rings. The number of halogens is 2. The molecule has 0 aliphatic carbocycles. The van der Waals surface area contributed by atoms with Gasteiger partial charge in [0.25, 0.3) is 0 Å². The van der Waals surface area contributed by atoms with Gasteiger partial charge in [0.05, 0.1) is 11.6 Å². The van der Waals surface area contributed by atoms with Gasteiger partial charge in [-0.1, -0.05) is 24.3 Å². The van der Waals surface area contributed by atoms with Gasteiger partial charge in [-0.25, -0.2) is 8.78 Å². The second-order valence-corrected chi connectivity index (χ2v) is 6.38. The number of anilines is 1. The molecule has 0 radical (unpaired) electrons. The molecular formula is C20H22F2N4. The Morgan fingerprint density at radius 1 is 1.19 bits per heavy atom. The highest BCUT2D eigenvalue weighted by Gasteiger charge is 2.20. The van der Waals surface area contributed by atoms with Crippen molar-refractivity contribution >= 4 is 17.6 Å². The van der Waals surface area contributed by atoms with E-state index in [1.807, 2.05) is 11.9 Å². The number of rotatable bonds is 4. The molecule has 1 aliphatic heterocycles. The molecule has 0 saturated heterocycles. The molecule has 0 saturated carbocycles. The Morgan fingerprint density at radius 2 is 1.92 bits per heavy atom. The average molecular weight is 356 g/mol. The minimum atomic E-state index is -0.520. The Hall–Kier alpha value is -2.73. The predicted molar refractivity (Wildman–Crippen MR) is 102 cm³/mol. The average Bonchev–Trinajstić information content (AvgIpc) is 2.62. The molecule has 1 unspecified atom stereocenters. The van der Waals surface area contributed by atoms with E-state index in [1.54, 1.807) is 30.4 Å². The maximum Gasteiger partial charge on any atom is 0.136 e. The third-order valence-electron chi connectivity index (χ3n) is 4.41. The summed E-state index contributed by atoms with van der Waals surface area (Å²) in [5.41, 5.74) is 14.4. The molecule has 0 aromatic heterocycles. The van der Waals surface area contributed by atoms with Crippen molar-refractivity contribution in [3.05, 3.63) is 70.8 Å². The van der Waals surface area contributed by atoms with E-state index in [-0.39, 0.29) is 5.82 Å². The van der Waals surface area contributed by atoms with E-state index in [9.17, 15) is 8.78 Å². The zero-order valence-electron chi connectivity index (χ0n) is 14.6. The quantitative estimate of drug-likeness (QED) is 0.826. The fraction of sp³-hybridized carbons (Fsp3) is 0.250. The zero-order chi connectivity index (χ0) is 18.7. The Labute approximate surface area is 151 Å². The Balaban J connectivity index is 1.90. The van der Waals surface area contributed by atoms with Gasteiger partial charge in [0.1, 0.15) is 17.5 Å². The van der Waals surface area contributed by atoms with E-state index in [1.165, 1.54) is 18.2 Å². The van der Waals surface area contributed by atoms with E-state index >= 15 is 0 Å². The van der Waals surface area contributed by atoms with Crippen LogP contribution in [-0.4, -0.2) is 30.9 Å². The van der Waals surface area contributed by atoms with Crippen LogP contribution < -0.4 is 11.5 Å². The van der Waals surface area contributed by atoms with Gasteiger partial charge in [0.2, 0.25) is 0 Å². The van der Waals surface area contributed by atoms with Crippen molar-refractivity contribution in [2.75, 3.05) is 25.9 Å². The van der Waals surface area contributed by atoms with E-state index in [4.69, 9.17) is 11.5 Å². The van der Waals surface area contributed by atoms with Gasteiger partial charge in [-0.2, -0.15) is 0 Å². The molecule has 136 valence electrons. The fourth-order valence-electron chi connectivity index (χ4n) is 2.97. The second kappa shape index (κ2) is 7.66. The molecule has 2 aromatic rings. The third-order valence-corrected chi connectivity index (χ3v) is 4.41. The summed E-state index contributed by atoms with van der Waals surface area (Å²) in [5.74, 6) is -0.0885. The topological polar surface area (TPSA) is 67.6 Å². The molecule has 26 heavy (non-hydrogen) atoms. The molecule has 0 amide bonds. The molecule has 1 aliphatic rings. The third kappa shape index (κ3) is 3.91. The van der Waals surface area contributed by atoms with Crippen LogP contribution in [0.15, 0.2) is 47.5 Å². The van der Waals surface area contributed by atoms with Gasteiger partial charge in [-0.15, -0.1) is 0 Å². The number of aliphatic imine (C=N–C) groups is 1. The van der Waals surface area contributed by atoms with Crippen LogP contribution in [0.4, 0.5) is 14.5 Å². The summed E-state index contributed by atoms with van der Waals surface area (Å²) >= 11 is 0. The van der Waals surface area contributed by atoms with Crippen molar-refractivity contribution in [2.45, 2.75) is 12.5 Å². The predicted octanol–water partition coefficient (Wildman–Crippen LogP) is 3.34. The number of nitrogen functional groups attached to an aromatic ring is 1. The van der Waals surface area contributed by atoms with Crippen LogP contribution in [0.2, 0.25) is 0 Å². The number of amidine groups is 1. The minimum Gasteiger partial charge on any atom is -0.398 e. The van der Waals surface area contributed by atoms with Crippen LogP contribution in [0.25, 0.3) is 6.08 Å². The summed E-state index contributed by atoms with van der Waals surface area (Å²) in [6.45, 7) is 1.50. The molecule has 1 atom stereocenters. The lowest BCUT2D eigenvalue weighted by atomic mass is 9.99. The monoisotopic (exact) mass is 356 g/mol. The molecule has 0 spiro atoms. The highest BCUT2D eigenvalue weighted by atomic mass is 19.1. The van der Waals surface area contributed by atoms with Gasteiger partial charge in [-0.3, -0.25) is 4.99 Å². The molecular weight excluding hydrogens is 334 g/mol. The summed E-state index contributed by atoms with van der Waals surface area (Å²) in [7, 11) is 1.89. The standard InChI is InChI=1S/C20H22F2N4/c1-26-10-2-9-25-20(26)15-11-16(19(24)12-17(15)22)18(23)8-5-13-3-6-14(21)7-4-13/h3-8,11-12,18H,2,9-10,23-24H2,1H3/b8-5+. The first-order chi connectivity index (χ1) is 12.5. The summed E-state index contributed by atoms with van der Waals surface area (Å²) in [6.07, 6.45) is 4.49. The van der Waals surface area contributed by atoms with Crippen molar-refractivity contribution in [3.63, 3.8) is 0 Å². The van der Waals surface area contributed by atoms with Gasteiger partial charge in [0.15, 0.2) is 0 Å². The Bertz CT molecular complexity index is 844. The van der Waals surface area contributed by atoms with E-state index in [0.29, 0.717) is 29.2 Å². The number of nitrogens with two attached hydrogens (primary N) is 2. The highest BCUT2D eigenvalue weighted by Crippen LogP contribution is 2.26. The summed E-state index contributed by atoms with van der Waals surface area (Å²) in [5, 5.41) is 0. The highest BCUT2D eigenvalue weighted by molar-refractivity contribution is 5.99. The Morgan fingerprint density at radius 3 is 2.62 bits per heavy atom. The molecule has 3 rings (SSSR count). The van der Waals surface area contributed by atoms with Crippen molar-refractivity contribution < 1.29 is 8.78 Å². The maximum absolute atomic E-state index is 14.5. The smallest absolute Gasteiger partial charge is 0.136 e. The molecule has 6 heteroatoms. The fourth-order valence-corrected chi connectivity index (χ4v) is 2.97. The van der Waals surface area contributed by atoms with Crippen LogP contribution in [0.3, 0.4) is 0 Å². The van der Waals surface area contributed by atoms with Crippen LogP contribution >= 0.6 is 0 Å². The molecule has 0 bridgehead atoms. The van der Waals surface area contributed by atoms with E-state index in [0.717, 1.165) is 18.5 Å². The second-order valence-electron chi connectivity index (χ2n) is 6.38. The summed E-state index contributed by atoms with van der Waals surface area (Å²) < 4.78 is 27.4. The van der Waals surface area contributed by atoms with Gasteiger partial charge >= 0.3 is 0 Å². The molecule has 4 N–H and O–H groups in total. The van der Waals surface area contributed by atoms with Crippen molar-refractivity contribution in [1.82, 2.24) is 4.90 Å². The van der Waals surface area contributed by atoms with Crippen LogP contribution in [0.1, 0.15) is 29.2 Å². The Kier molecular flexibility index (Phi) is 5.32. The number of hydrogen-bond acceptors (Lipinski definition) is 4. The first kappa shape index (κ1) is 18.1. The lowest BCUT2D eigenvalue weighted by molar-refractivity contribution is 0.465. The van der Waals surface area contributed by atoms with Gasteiger partial charge in [0, 0.05) is 25.8 Å². The minimum absolute atomic E-state index is 0.293. The van der Waals surface area contributed by atoms with E-state index < -0.39 is 11.9 Å². The largest absolute Gasteiger partial charge is 0.398 e. The molecule has 1 heterocycles. The van der Waals surface area contributed by atoms with Gasteiger partial charge in [-0.05, 0) is 41.8 Å². The van der Waals surface area contributed by atoms with Crippen molar-refractivity contribution in [1.29, 1.82) is 0 Å². The lowest BCUT2D eigenvalue weighted by Crippen LogP contribution is -2.33. The number of benzene rings is 2. The first-order valence-corrected chi connectivity index (χ1v) is 8.50. The SMILES string of the molecule is CN1CCCN=C1c1cc(C(N)/C=C/c2ccc(F)cc2)c(N)cc1F. The van der Waals surface area contributed by atoms with Crippen LogP contribution in [-0.2, 0) is 0 Å². The molecule has 4 nitrogen and oxygen atoms in total. The summed E-state index contributed by atoms with van der Waals surface area (Å²) in [4.78, 5) is 6.37. The molecule has 2 aromatic carbocycles. The normalized spacial score (nSPS) is 16.0. The first-order valence-electron chi connectivity index (χ1n) is 8.50. The van der Waals surface area contributed by atoms with Crippen LogP contribution in [0.5, 0.6) is 0 Å². The summed E-state index contributed by atoms with van der Waals surface area (Å²) in [6, 6.07) is 8.52. The van der Waals surface area contributed by atoms with Crippen LogP contribution in [0, 0.1) is 11.6 Å². The number of hydrogen-bond donors (Lipinski definition) is 2. The maximum atomic E-state index is 14.5. The van der Waals surface area contributed by atoms with Crippen molar-refractivity contribution in [3.8, 4) is 0 Å². The zero-order valence-corrected chi connectivity index (χ0v) is 14.6. The lowest BCUT2D eigenvalue weighted by Gasteiger charge is -2.26. The number of nitrogens with zero attached hydrogens (tertiary/aromatic N) is 2. The van der Waals surface area contributed by atoms with Crippen molar-refractivity contribution in [2.24, 2.45) is 10.7 Å². The van der Waals surface area contributed by atoms with Gasteiger partial charge < -0.3 is 16.4 Å². The van der Waals surface area contributed by atoms with E-state index in [2.05, 4.69) is 4.99 Å².